The van der Waals surface area contributed by atoms with Crippen LogP contribution in [0.5, 0.6) is 0 Å². The molecule has 1 aromatic rings. The molecule has 0 radical (unpaired) electrons. The minimum Gasteiger partial charge on any atom is -0.384 e. The van der Waals surface area contributed by atoms with E-state index in [1.807, 2.05) is 17.0 Å². The van der Waals surface area contributed by atoms with Gasteiger partial charge in [-0.15, -0.1) is 12.4 Å². The van der Waals surface area contributed by atoms with Crippen molar-refractivity contribution in [3.8, 4) is 0 Å². The van der Waals surface area contributed by atoms with E-state index >= 15 is 0 Å². The molecule has 2 heterocycles. The number of amides is 1. The van der Waals surface area contributed by atoms with Crippen molar-refractivity contribution in [3.05, 3.63) is 29.3 Å². The number of carbonyl (C=O) groups is 1. The number of likely N-dealkylation sites (tertiary alicyclic amines) is 1. The lowest BCUT2D eigenvalue weighted by Gasteiger charge is -2.35. The highest BCUT2D eigenvalue weighted by molar-refractivity contribution is 5.95. The molecule has 0 aromatic heterocycles. The number of carbonyl (C=O) groups excluding carboxylic acids is 1. The summed E-state index contributed by atoms with van der Waals surface area (Å²) in [6.45, 7) is 7.32. The van der Waals surface area contributed by atoms with Crippen molar-refractivity contribution in [1.82, 2.24) is 4.90 Å². The second kappa shape index (κ2) is 6.04. The van der Waals surface area contributed by atoms with E-state index in [1.54, 1.807) is 0 Å². The van der Waals surface area contributed by atoms with Crippen molar-refractivity contribution in [1.29, 1.82) is 0 Å². The minimum absolute atomic E-state index is 0. The van der Waals surface area contributed by atoms with Crippen molar-refractivity contribution in [2.45, 2.75) is 26.7 Å². The molecule has 1 aromatic carbocycles. The highest BCUT2D eigenvalue weighted by Gasteiger charge is 2.27. The average Bonchev–Trinajstić information content (AvgIpc) is 2.88. The molecule has 1 fully saturated rings. The monoisotopic (exact) mass is 294 g/mol. The van der Waals surface area contributed by atoms with Gasteiger partial charge in [0.15, 0.2) is 0 Å². The van der Waals surface area contributed by atoms with E-state index in [2.05, 4.69) is 25.2 Å². The molecule has 2 unspecified atom stereocenters. The number of rotatable bonds is 1. The summed E-state index contributed by atoms with van der Waals surface area (Å²) in [5.41, 5.74) is 3.32. The summed E-state index contributed by atoms with van der Waals surface area (Å²) in [4.78, 5) is 14.6. The highest BCUT2D eigenvalue weighted by Crippen LogP contribution is 2.26. The predicted octanol–water partition coefficient (Wildman–Crippen LogP) is 3.19. The molecule has 2 atom stereocenters. The molecule has 2 aliphatic heterocycles. The fourth-order valence-electron chi connectivity index (χ4n) is 3.07. The number of hydrogen-bond acceptors (Lipinski definition) is 2. The second-order valence-electron chi connectivity index (χ2n) is 6.04. The Kier molecular flexibility index (Phi) is 4.59. The molecule has 20 heavy (non-hydrogen) atoms. The molecule has 1 amide bonds. The lowest BCUT2D eigenvalue weighted by molar-refractivity contribution is 0.0627. The minimum atomic E-state index is 0. The molecule has 0 bridgehead atoms. The molecular weight excluding hydrogens is 272 g/mol. The van der Waals surface area contributed by atoms with Crippen LogP contribution in [0.1, 0.15) is 36.2 Å². The SMILES string of the molecule is CC1CCN(C(=O)c2ccc3c(c2)CCN3)CC1C.Cl. The zero-order valence-electron chi connectivity index (χ0n) is 12.2. The Hall–Kier alpha value is -1.22. The average molecular weight is 295 g/mol. The molecule has 110 valence electrons. The Labute approximate surface area is 127 Å². The number of nitrogens with one attached hydrogen (secondary N) is 1. The van der Waals surface area contributed by atoms with Gasteiger partial charge in [0.1, 0.15) is 0 Å². The fourth-order valence-corrected chi connectivity index (χ4v) is 3.07. The molecule has 0 aliphatic carbocycles. The molecule has 3 rings (SSSR count). The Morgan fingerprint density at radius 3 is 2.85 bits per heavy atom. The van der Waals surface area contributed by atoms with E-state index in [9.17, 15) is 4.79 Å². The normalized spacial score (nSPS) is 24.6. The van der Waals surface area contributed by atoms with Crippen LogP contribution in [-0.4, -0.2) is 30.4 Å². The van der Waals surface area contributed by atoms with Gasteiger partial charge in [-0.3, -0.25) is 4.79 Å². The summed E-state index contributed by atoms with van der Waals surface area (Å²) in [6.07, 6.45) is 2.16. The number of hydrogen-bond donors (Lipinski definition) is 1. The van der Waals surface area contributed by atoms with Crippen LogP contribution in [0.15, 0.2) is 18.2 Å². The maximum absolute atomic E-state index is 12.6. The first-order valence-electron chi connectivity index (χ1n) is 7.31. The zero-order chi connectivity index (χ0) is 13.4. The van der Waals surface area contributed by atoms with E-state index in [1.165, 1.54) is 11.3 Å². The summed E-state index contributed by atoms with van der Waals surface area (Å²) in [5, 5.41) is 3.33. The first kappa shape index (κ1) is 15.2. The number of halogens is 1. The third-order valence-electron chi connectivity index (χ3n) is 4.68. The summed E-state index contributed by atoms with van der Waals surface area (Å²) >= 11 is 0. The van der Waals surface area contributed by atoms with Crippen molar-refractivity contribution >= 4 is 24.0 Å². The van der Waals surface area contributed by atoms with Crippen molar-refractivity contribution < 1.29 is 4.79 Å². The predicted molar refractivity (Wildman–Crippen MR) is 84.7 cm³/mol. The van der Waals surface area contributed by atoms with Crippen molar-refractivity contribution in [3.63, 3.8) is 0 Å². The maximum atomic E-state index is 12.6. The standard InChI is InChI=1S/C16H22N2O.ClH/c1-11-6-8-18(10-12(11)2)16(19)14-3-4-15-13(9-14)5-7-17-15;/h3-4,9,11-12,17H,5-8,10H2,1-2H3;1H. The Morgan fingerprint density at radius 2 is 2.10 bits per heavy atom. The van der Waals surface area contributed by atoms with Gasteiger partial charge in [-0.1, -0.05) is 13.8 Å². The van der Waals surface area contributed by atoms with Gasteiger partial charge in [-0.25, -0.2) is 0 Å². The first-order valence-corrected chi connectivity index (χ1v) is 7.31. The van der Waals surface area contributed by atoms with Gasteiger partial charge >= 0.3 is 0 Å². The molecule has 1 saturated heterocycles. The van der Waals surface area contributed by atoms with Gasteiger partial charge < -0.3 is 10.2 Å². The number of piperidine rings is 1. The van der Waals surface area contributed by atoms with Crippen molar-refractivity contribution in [2.24, 2.45) is 11.8 Å². The van der Waals surface area contributed by atoms with E-state index in [4.69, 9.17) is 0 Å². The topological polar surface area (TPSA) is 32.3 Å². The number of fused-ring (bicyclic) bond motifs is 1. The van der Waals surface area contributed by atoms with Gasteiger partial charge in [-0.05, 0) is 48.4 Å². The van der Waals surface area contributed by atoms with E-state index in [-0.39, 0.29) is 18.3 Å². The smallest absolute Gasteiger partial charge is 0.253 e. The van der Waals surface area contributed by atoms with Gasteiger partial charge in [0.2, 0.25) is 0 Å². The number of benzene rings is 1. The summed E-state index contributed by atoms with van der Waals surface area (Å²) in [5.74, 6) is 1.54. The molecular formula is C16H23ClN2O. The third-order valence-corrected chi connectivity index (χ3v) is 4.68. The fraction of sp³-hybridized carbons (Fsp3) is 0.562. The van der Waals surface area contributed by atoms with Crippen LogP contribution in [0.4, 0.5) is 5.69 Å². The highest BCUT2D eigenvalue weighted by atomic mass is 35.5. The van der Waals surface area contributed by atoms with Gasteiger partial charge in [0.25, 0.3) is 5.91 Å². The van der Waals surface area contributed by atoms with Crippen LogP contribution in [0.3, 0.4) is 0 Å². The maximum Gasteiger partial charge on any atom is 0.253 e. The molecule has 2 aliphatic rings. The van der Waals surface area contributed by atoms with Crippen LogP contribution in [0.2, 0.25) is 0 Å². The quantitative estimate of drug-likeness (QED) is 0.863. The first-order chi connectivity index (χ1) is 9.15. The largest absolute Gasteiger partial charge is 0.384 e. The number of nitrogens with zero attached hydrogens (tertiary/aromatic N) is 1. The Morgan fingerprint density at radius 1 is 1.30 bits per heavy atom. The Balaban J connectivity index is 0.00000147. The van der Waals surface area contributed by atoms with Gasteiger partial charge in [0.05, 0.1) is 0 Å². The van der Waals surface area contributed by atoms with E-state index < -0.39 is 0 Å². The summed E-state index contributed by atoms with van der Waals surface area (Å²) < 4.78 is 0. The van der Waals surface area contributed by atoms with Crippen molar-refractivity contribution in [2.75, 3.05) is 25.0 Å². The van der Waals surface area contributed by atoms with Crippen LogP contribution in [0.25, 0.3) is 0 Å². The zero-order valence-corrected chi connectivity index (χ0v) is 13.0. The third kappa shape index (κ3) is 2.78. The van der Waals surface area contributed by atoms with Crippen LogP contribution >= 0.6 is 12.4 Å². The molecule has 0 spiro atoms. The van der Waals surface area contributed by atoms with Crippen LogP contribution < -0.4 is 5.32 Å². The molecule has 1 N–H and O–H groups in total. The van der Waals surface area contributed by atoms with E-state index in [0.717, 1.165) is 44.0 Å². The lowest BCUT2D eigenvalue weighted by Crippen LogP contribution is -2.42. The van der Waals surface area contributed by atoms with Crippen LogP contribution in [0, 0.1) is 11.8 Å². The Bertz CT molecular complexity index is 503. The molecule has 4 heteroatoms. The van der Waals surface area contributed by atoms with Gasteiger partial charge in [-0.2, -0.15) is 0 Å². The lowest BCUT2D eigenvalue weighted by atomic mass is 9.88. The van der Waals surface area contributed by atoms with Gasteiger partial charge in [0, 0.05) is 30.9 Å². The van der Waals surface area contributed by atoms with Crippen LogP contribution in [-0.2, 0) is 6.42 Å². The second-order valence-corrected chi connectivity index (χ2v) is 6.04. The molecule has 3 nitrogen and oxygen atoms in total. The van der Waals surface area contributed by atoms with E-state index in [0.29, 0.717) is 5.92 Å². The summed E-state index contributed by atoms with van der Waals surface area (Å²) in [7, 11) is 0. The summed E-state index contributed by atoms with van der Waals surface area (Å²) in [6, 6.07) is 6.08. The number of anilines is 1. The molecule has 0 saturated carbocycles.